The summed E-state index contributed by atoms with van der Waals surface area (Å²) in [6.45, 7) is 0. The SMILES string of the molecule is COC(Cc1ccccc1Cl)OC. The molecular weight excluding hydrogens is 188 g/mol. The van der Waals surface area contributed by atoms with E-state index in [2.05, 4.69) is 0 Å². The Bertz CT molecular complexity index is 259. The molecule has 72 valence electrons. The van der Waals surface area contributed by atoms with Gasteiger partial charge in [-0.25, -0.2) is 0 Å². The molecule has 0 spiro atoms. The first-order chi connectivity index (χ1) is 6.27. The molecule has 0 aliphatic carbocycles. The van der Waals surface area contributed by atoms with Gasteiger partial charge in [-0.05, 0) is 11.6 Å². The number of hydrogen-bond donors (Lipinski definition) is 0. The molecule has 0 aliphatic heterocycles. The van der Waals surface area contributed by atoms with Crippen molar-refractivity contribution in [3.63, 3.8) is 0 Å². The van der Waals surface area contributed by atoms with Crippen molar-refractivity contribution in [2.45, 2.75) is 12.7 Å². The van der Waals surface area contributed by atoms with Crippen LogP contribution >= 0.6 is 11.6 Å². The Labute approximate surface area is 83.4 Å². The molecule has 1 rings (SSSR count). The lowest BCUT2D eigenvalue weighted by atomic mass is 10.1. The first-order valence-corrected chi connectivity index (χ1v) is 4.44. The van der Waals surface area contributed by atoms with Gasteiger partial charge >= 0.3 is 0 Å². The number of rotatable bonds is 4. The number of hydrogen-bond acceptors (Lipinski definition) is 2. The van der Waals surface area contributed by atoms with Crippen molar-refractivity contribution in [3.8, 4) is 0 Å². The Morgan fingerprint density at radius 3 is 2.38 bits per heavy atom. The monoisotopic (exact) mass is 200 g/mol. The number of methoxy groups -OCH3 is 2. The van der Waals surface area contributed by atoms with E-state index in [1.165, 1.54) is 0 Å². The summed E-state index contributed by atoms with van der Waals surface area (Å²) in [6, 6.07) is 7.68. The summed E-state index contributed by atoms with van der Waals surface area (Å²) in [5, 5.41) is 0.751. The average Bonchev–Trinajstić information content (AvgIpc) is 2.17. The van der Waals surface area contributed by atoms with E-state index >= 15 is 0 Å². The highest BCUT2D eigenvalue weighted by atomic mass is 35.5. The normalized spacial score (nSPS) is 10.8. The lowest BCUT2D eigenvalue weighted by molar-refractivity contribution is -0.100. The van der Waals surface area contributed by atoms with E-state index in [-0.39, 0.29) is 6.29 Å². The lowest BCUT2D eigenvalue weighted by Crippen LogP contribution is -2.16. The van der Waals surface area contributed by atoms with Crippen LogP contribution in [0.15, 0.2) is 24.3 Å². The van der Waals surface area contributed by atoms with Gasteiger partial charge in [-0.3, -0.25) is 0 Å². The second-order valence-corrected chi connectivity index (χ2v) is 3.10. The van der Waals surface area contributed by atoms with Gasteiger partial charge < -0.3 is 9.47 Å². The van der Waals surface area contributed by atoms with Crippen LogP contribution in [-0.2, 0) is 15.9 Å². The van der Waals surface area contributed by atoms with E-state index in [0.29, 0.717) is 6.42 Å². The van der Waals surface area contributed by atoms with Crippen LogP contribution in [0.3, 0.4) is 0 Å². The molecule has 0 saturated heterocycles. The summed E-state index contributed by atoms with van der Waals surface area (Å²) in [4.78, 5) is 0. The van der Waals surface area contributed by atoms with Gasteiger partial charge in [0.2, 0.25) is 0 Å². The molecule has 0 unspecified atom stereocenters. The van der Waals surface area contributed by atoms with Gasteiger partial charge in [0, 0.05) is 25.7 Å². The molecule has 0 aromatic heterocycles. The first-order valence-electron chi connectivity index (χ1n) is 4.07. The van der Waals surface area contributed by atoms with Crippen molar-refractivity contribution < 1.29 is 9.47 Å². The minimum absolute atomic E-state index is 0.222. The summed E-state index contributed by atoms with van der Waals surface area (Å²) in [5.74, 6) is 0. The highest BCUT2D eigenvalue weighted by molar-refractivity contribution is 6.31. The predicted molar refractivity (Wildman–Crippen MR) is 53.0 cm³/mol. The minimum Gasteiger partial charge on any atom is -0.356 e. The van der Waals surface area contributed by atoms with E-state index in [4.69, 9.17) is 21.1 Å². The summed E-state index contributed by atoms with van der Waals surface area (Å²) in [7, 11) is 3.23. The van der Waals surface area contributed by atoms with Crippen LogP contribution in [0.25, 0.3) is 0 Å². The van der Waals surface area contributed by atoms with Gasteiger partial charge in [0.05, 0.1) is 0 Å². The minimum atomic E-state index is -0.222. The molecule has 1 aromatic rings. The van der Waals surface area contributed by atoms with Crippen LogP contribution in [0.1, 0.15) is 5.56 Å². The van der Waals surface area contributed by atoms with Gasteiger partial charge in [0.15, 0.2) is 6.29 Å². The molecule has 0 fully saturated rings. The van der Waals surface area contributed by atoms with E-state index in [1.807, 2.05) is 24.3 Å². The topological polar surface area (TPSA) is 18.5 Å². The molecule has 13 heavy (non-hydrogen) atoms. The van der Waals surface area contributed by atoms with Crippen molar-refractivity contribution in [1.82, 2.24) is 0 Å². The summed E-state index contributed by atoms with van der Waals surface area (Å²) in [5.41, 5.74) is 1.04. The zero-order valence-corrected chi connectivity index (χ0v) is 8.54. The maximum Gasteiger partial charge on any atom is 0.160 e. The Balaban J connectivity index is 2.67. The maximum absolute atomic E-state index is 5.97. The fraction of sp³-hybridized carbons (Fsp3) is 0.400. The summed E-state index contributed by atoms with van der Waals surface area (Å²) < 4.78 is 10.2. The van der Waals surface area contributed by atoms with Crippen LogP contribution in [-0.4, -0.2) is 20.5 Å². The van der Waals surface area contributed by atoms with Crippen LogP contribution in [0.4, 0.5) is 0 Å². The van der Waals surface area contributed by atoms with Crippen molar-refractivity contribution in [3.05, 3.63) is 34.9 Å². The molecule has 0 radical (unpaired) electrons. The lowest BCUT2D eigenvalue weighted by Gasteiger charge is -2.13. The van der Waals surface area contributed by atoms with Crippen LogP contribution in [0.2, 0.25) is 5.02 Å². The fourth-order valence-electron chi connectivity index (χ4n) is 1.11. The fourth-order valence-corrected chi connectivity index (χ4v) is 1.32. The highest BCUT2D eigenvalue weighted by Gasteiger charge is 2.08. The third-order valence-electron chi connectivity index (χ3n) is 1.87. The molecule has 0 heterocycles. The number of ether oxygens (including phenoxy) is 2. The molecule has 0 atom stereocenters. The molecule has 1 aromatic carbocycles. The van der Waals surface area contributed by atoms with Gasteiger partial charge in [-0.2, -0.15) is 0 Å². The molecule has 0 aliphatic rings. The third kappa shape index (κ3) is 2.99. The smallest absolute Gasteiger partial charge is 0.160 e. The molecule has 0 saturated carbocycles. The maximum atomic E-state index is 5.97. The summed E-state index contributed by atoms with van der Waals surface area (Å²) in [6.07, 6.45) is 0.451. The molecule has 3 heteroatoms. The first kappa shape index (κ1) is 10.5. The van der Waals surface area contributed by atoms with Gasteiger partial charge in [-0.1, -0.05) is 29.8 Å². The van der Waals surface area contributed by atoms with Gasteiger partial charge in [-0.15, -0.1) is 0 Å². The van der Waals surface area contributed by atoms with E-state index in [1.54, 1.807) is 14.2 Å². The second-order valence-electron chi connectivity index (χ2n) is 2.70. The molecule has 2 nitrogen and oxygen atoms in total. The van der Waals surface area contributed by atoms with Gasteiger partial charge in [0.1, 0.15) is 0 Å². The second kappa shape index (κ2) is 5.22. The predicted octanol–water partition coefficient (Wildman–Crippen LogP) is 2.50. The van der Waals surface area contributed by atoms with E-state index < -0.39 is 0 Å². The Kier molecular flexibility index (Phi) is 4.22. The van der Waals surface area contributed by atoms with Crippen LogP contribution in [0.5, 0.6) is 0 Å². The van der Waals surface area contributed by atoms with Crippen LogP contribution < -0.4 is 0 Å². The van der Waals surface area contributed by atoms with E-state index in [0.717, 1.165) is 10.6 Å². The van der Waals surface area contributed by atoms with Crippen LogP contribution in [0, 0.1) is 0 Å². The van der Waals surface area contributed by atoms with Crippen molar-refractivity contribution in [1.29, 1.82) is 0 Å². The molecule has 0 bridgehead atoms. The largest absolute Gasteiger partial charge is 0.356 e. The number of benzene rings is 1. The Morgan fingerprint density at radius 1 is 1.23 bits per heavy atom. The molecule has 0 amide bonds. The molecular formula is C10H13ClO2. The summed E-state index contributed by atoms with van der Waals surface area (Å²) >= 11 is 5.97. The Morgan fingerprint density at radius 2 is 1.85 bits per heavy atom. The Hall–Kier alpha value is -0.570. The highest BCUT2D eigenvalue weighted by Crippen LogP contribution is 2.17. The number of halogens is 1. The van der Waals surface area contributed by atoms with Crippen molar-refractivity contribution in [2.75, 3.05) is 14.2 Å². The standard InChI is InChI=1S/C10H13ClO2/c1-12-10(13-2)7-8-5-3-4-6-9(8)11/h3-6,10H,7H2,1-2H3. The third-order valence-corrected chi connectivity index (χ3v) is 2.24. The van der Waals surface area contributed by atoms with Gasteiger partial charge in [0.25, 0.3) is 0 Å². The van der Waals surface area contributed by atoms with Crippen molar-refractivity contribution in [2.24, 2.45) is 0 Å². The zero-order valence-electron chi connectivity index (χ0n) is 7.79. The quantitative estimate of drug-likeness (QED) is 0.696. The molecule has 0 N–H and O–H groups in total. The van der Waals surface area contributed by atoms with Crippen molar-refractivity contribution >= 4 is 11.6 Å². The average molecular weight is 201 g/mol. The zero-order chi connectivity index (χ0) is 9.68. The van der Waals surface area contributed by atoms with E-state index in [9.17, 15) is 0 Å².